The van der Waals surface area contributed by atoms with Gasteiger partial charge in [0.2, 0.25) is 5.91 Å². The van der Waals surface area contributed by atoms with Crippen molar-refractivity contribution in [2.45, 2.75) is 19.9 Å². The van der Waals surface area contributed by atoms with Crippen LogP contribution in [0.25, 0.3) is 0 Å². The Balaban J connectivity index is 2.06. The summed E-state index contributed by atoms with van der Waals surface area (Å²) in [7, 11) is 1.54. The quantitative estimate of drug-likeness (QED) is 0.813. The molecule has 1 aromatic carbocycles. The van der Waals surface area contributed by atoms with E-state index in [-0.39, 0.29) is 11.8 Å². The molecule has 0 aliphatic carbocycles. The molecule has 7 nitrogen and oxygen atoms in total. The molecule has 0 aliphatic heterocycles. The average Bonchev–Trinajstić information content (AvgIpc) is 3.11. The Labute approximate surface area is 139 Å². The van der Waals surface area contributed by atoms with Crippen LogP contribution in [0, 0.1) is 0 Å². The summed E-state index contributed by atoms with van der Waals surface area (Å²) in [6.45, 7) is 3.90. The molecule has 1 atom stereocenters. The molecule has 2 aromatic rings. The molecule has 24 heavy (non-hydrogen) atoms. The summed E-state index contributed by atoms with van der Waals surface area (Å²) in [4.78, 5) is 24.3. The largest absolute Gasteiger partial charge is 0.497 e. The monoisotopic (exact) mass is 332 g/mol. The SMILES string of the molecule is CCOc1ccc(OC)cc1NC(=O)[C@H](C)NC(=O)c1ccoc1. The third-order valence-electron chi connectivity index (χ3n) is 3.27. The molecule has 2 N–H and O–H groups in total. The molecule has 0 radical (unpaired) electrons. The van der Waals surface area contributed by atoms with E-state index in [2.05, 4.69) is 10.6 Å². The zero-order valence-electron chi connectivity index (χ0n) is 13.8. The Bertz CT molecular complexity index is 697. The van der Waals surface area contributed by atoms with Crippen LogP contribution in [0.3, 0.4) is 0 Å². The summed E-state index contributed by atoms with van der Waals surface area (Å²) in [6, 6.07) is 5.90. The highest BCUT2D eigenvalue weighted by Crippen LogP contribution is 2.29. The first kappa shape index (κ1) is 17.4. The Morgan fingerprint density at radius 2 is 2.08 bits per heavy atom. The number of ether oxygens (including phenoxy) is 2. The summed E-state index contributed by atoms with van der Waals surface area (Å²) < 4.78 is 15.5. The predicted octanol–water partition coefficient (Wildman–Crippen LogP) is 2.44. The second kappa shape index (κ2) is 8.05. The Hall–Kier alpha value is -2.96. The number of methoxy groups -OCH3 is 1. The van der Waals surface area contributed by atoms with Gasteiger partial charge in [-0.05, 0) is 32.0 Å². The van der Waals surface area contributed by atoms with Crippen molar-refractivity contribution in [2.24, 2.45) is 0 Å². The van der Waals surface area contributed by atoms with E-state index in [4.69, 9.17) is 13.9 Å². The number of benzene rings is 1. The van der Waals surface area contributed by atoms with Crippen molar-refractivity contribution in [3.8, 4) is 11.5 Å². The van der Waals surface area contributed by atoms with E-state index in [0.29, 0.717) is 29.4 Å². The molecule has 128 valence electrons. The number of amides is 2. The molecule has 0 fully saturated rings. The highest BCUT2D eigenvalue weighted by molar-refractivity contribution is 6.01. The third-order valence-corrected chi connectivity index (χ3v) is 3.27. The summed E-state index contributed by atoms with van der Waals surface area (Å²) in [5.74, 6) is 0.354. The van der Waals surface area contributed by atoms with Gasteiger partial charge in [-0.1, -0.05) is 0 Å². The van der Waals surface area contributed by atoms with E-state index in [1.807, 2.05) is 6.92 Å². The molecule has 2 rings (SSSR count). The van der Waals surface area contributed by atoms with Crippen molar-refractivity contribution in [1.82, 2.24) is 5.32 Å². The van der Waals surface area contributed by atoms with Gasteiger partial charge in [-0.25, -0.2) is 0 Å². The summed E-state index contributed by atoms with van der Waals surface area (Å²) in [5.41, 5.74) is 0.830. The first-order valence-electron chi connectivity index (χ1n) is 7.50. The Morgan fingerprint density at radius 1 is 1.29 bits per heavy atom. The van der Waals surface area contributed by atoms with Crippen molar-refractivity contribution >= 4 is 17.5 Å². The van der Waals surface area contributed by atoms with Crippen LogP contribution in [0.2, 0.25) is 0 Å². The molecule has 2 amide bonds. The van der Waals surface area contributed by atoms with E-state index in [1.165, 1.54) is 25.7 Å². The molecule has 0 saturated heterocycles. The minimum Gasteiger partial charge on any atom is -0.497 e. The fraction of sp³-hybridized carbons (Fsp3) is 0.294. The second-order valence-corrected chi connectivity index (χ2v) is 4.99. The van der Waals surface area contributed by atoms with Gasteiger partial charge >= 0.3 is 0 Å². The number of furan rings is 1. The van der Waals surface area contributed by atoms with Gasteiger partial charge in [-0.3, -0.25) is 9.59 Å². The fourth-order valence-corrected chi connectivity index (χ4v) is 2.00. The van der Waals surface area contributed by atoms with Gasteiger partial charge in [-0.2, -0.15) is 0 Å². The molecule has 0 bridgehead atoms. The van der Waals surface area contributed by atoms with Crippen LogP contribution >= 0.6 is 0 Å². The maximum absolute atomic E-state index is 12.3. The van der Waals surface area contributed by atoms with Gasteiger partial charge in [0, 0.05) is 6.07 Å². The van der Waals surface area contributed by atoms with Gasteiger partial charge < -0.3 is 24.5 Å². The molecule has 7 heteroatoms. The number of anilines is 1. The van der Waals surface area contributed by atoms with E-state index >= 15 is 0 Å². The lowest BCUT2D eigenvalue weighted by atomic mass is 10.2. The lowest BCUT2D eigenvalue weighted by Gasteiger charge is -2.16. The zero-order valence-corrected chi connectivity index (χ0v) is 13.8. The molecule has 1 heterocycles. The Kier molecular flexibility index (Phi) is 5.83. The van der Waals surface area contributed by atoms with Gasteiger partial charge in [0.1, 0.15) is 23.8 Å². The van der Waals surface area contributed by atoms with Crippen molar-refractivity contribution < 1.29 is 23.5 Å². The third kappa shape index (κ3) is 4.28. The van der Waals surface area contributed by atoms with E-state index in [0.717, 1.165) is 0 Å². The molecule has 0 unspecified atom stereocenters. The standard InChI is InChI=1S/C17H20N2O5/c1-4-24-15-6-5-13(22-3)9-14(15)19-16(20)11(2)18-17(21)12-7-8-23-10-12/h5-11H,4H2,1-3H3,(H,18,21)(H,19,20)/t11-/m0/s1. The highest BCUT2D eigenvalue weighted by atomic mass is 16.5. The number of hydrogen-bond acceptors (Lipinski definition) is 5. The maximum Gasteiger partial charge on any atom is 0.255 e. The minimum atomic E-state index is -0.743. The van der Waals surface area contributed by atoms with Crippen LogP contribution in [-0.2, 0) is 4.79 Å². The number of carbonyl (C=O) groups is 2. The first-order valence-corrected chi connectivity index (χ1v) is 7.50. The molecule has 0 aliphatic rings. The van der Waals surface area contributed by atoms with Crippen molar-refractivity contribution in [3.63, 3.8) is 0 Å². The molecule has 1 aromatic heterocycles. The van der Waals surface area contributed by atoms with Gasteiger partial charge in [0.25, 0.3) is 5.91 Å². The van der Waals surface area contributed by atoms with Crippen molar-refractivity contribution in [3.05, 3.63) is 42.4 Å². The van der Waals surface area contributed by atoms with Crippen LogP contribution in [0.15, 0.2) is 41.2 Å². The number of nitrogens with one attached hydrogen (secondary N) is 2. The van der Waals surface area contributed by atoms with E-state index in [1.54, 1.807) is 25.1 Å². The van der Waals surface area contributed by atoms with Gasteiger partial charge in [0.05, 0.1) is 31.2 Å². The lowest BCUT2D eigenvalue weighted by Crippen LogP contribution is -2.41. The normalized spacial score (nSPS) is 11.5. The molecular formula is C17H20N2O5. The highest BCUT2D eigenvalue weighted by Gasteiger charge is 2.19. The Morgan fingerprint density at radius 3 is 2.71 bits per heavy atom. The van der Waals surface area contributed by atoms with Crippen LogP contribution in [0.1, 0.15) is 24.2 Å². The van der Waals surface area contributed by atoms with Crippen LogP contribution in [-0.4, -0.2) is 31.6 Å². The number of rotatable bonds is 7. The molecule has 0 spiro atoms. The number of carbonyl (C=O) groups excluding carboxylic acids is 2. The molecular weight excluding hydrogens is 312 g/mol. The average molecular weight is 332 g/mol. The topological polar surface area (TPSA) is 89.8 Å². The van der Waals surface area contributed by atoms with Crippen LogP contribution in [0.5, 0.6) is 11.5 Å². The van der Waals surface area contributed by atoms with E-state index in [9.17, 15) is 9.59 Å². The molecule has 0 saturated carbocycles. The van der Waals surface area contributed by atoms with Crippen molar-refractivity contribution in [2.75, 3.05) is 19.0 Å². The zero-order chi connectivity index (χ0) is 17.5. The smallest absolute Gasteiger partial charge is 0.255 e. The summed E-state index contributed by atoms with van der Waals surface area (Å²) >= 11 is 0. The van der Waals surface area contributed by atoms with E-state index < -0.39 is 6.04 Å². The summed E-state index contributed by atoms with van der Waals surface area (Å²) in [5, 5.41) is 5.34. The van der Waals surface area contributed by atoms with Gasteiger partial charge in [-0.15, -0.1) is 0 Å². The fourth-order valence-electron chi connectivity index (χ4n) is 2.00. The number of hydrogen-bond donors (Lipinski definition) is 2. The first-order chi connectivity index (χ1) is 11.5. The second-order valence-electron chi connectivity index (χ2n) is 4.99. The van der Waals surface area contributed by atoms with Crippen molar-refractivity contribution in [1.29, 1.82) is 0 Å². The van der Waals surface area contributed by atoms with Gasteiger partial charge in [0.15, 0.2) is 0 Å². The minimum absolute atomic E-state index is 0.353. The predicted molar refractivity (Wildman–Crippen MR) is 88.4 cm³/mol. The van der Waals surface area contributed by atoms with Crippen LogP contribution in [0.4, 0.5) is 5.69 Å². The summed E-state index contributed by atoms with van der Waals surface area (Å²) in [6.07, 6.45) is 2.71. The van der Waals surface area contributed by atoms with Crippen LogP contribution < -0.4 is 20.1 Å². The maximum atomic E-state index is 12.3. The lowest BCUT2D eigenvalue weighted by molar-refractivity contribution is -0.117.